The highest BCUT2D eigenvalue weighted by Crippen LogP contribution is 2.47. The molecule has 1 aromatic carbocycles. The van der Waals surface area contributed by atoms with E-state index in [1.165, 1.54) is 0 Å². The molecule has 2 aliphatic rings. The van der Waals surface area contributed by atoms with Crippen LogP contribution in [0.15, 0.2) is 24.3 Å². The number of hydrogen-bond acceptors (Lipinski definition) is 3. The molecule has 3 rings (SSSR count). The summed E-state index contributed by atoms with van der Waals surface area (Å²) in [7, 11) is 0. The lowest BCUT2D eigenvalue weighted by Gasteiger charge is -2.27. The molecule has 23 heavy (non-hydrogen) atoms. The van der Waals surface area contributed by atoms with Crippen molar-refractivity contribution in [3.63, 3.8) is 0 Å². The fourth-order valence-corrected chi connectivity index (χ4v) is 4.00. The molecule has 4 unspecified atom stereocenters. The van der Waals surface area contributed by atoms with Gasteiger partial charge < -0.3 is 16.4 Å². The van der Waals surface area contributed by atoms with Crippen molar-refractivity contribution in [2.75, 3.05) is 5.32 Å². The van der Waals surface area contributed by atoms with Crippen LogP contribution < -0.4 is 16.4 Å². The topological polar surface area (TPSA) is 84.2 Å². The summed E-state index contributed by atoms with van der Waals surface area (Å²) in [6.45, 7) is 3.84. The third kappa shape index (κ3) is 3.24. The number of carbonyl (C=O) groups is 2. The smallest absolute Gasteiger partial charge is 0.251 e. The Morgan fingerprint density at radius 3 is 2.35 bits per heavy atom. The van der Waals surface area contributed by atoms with Crippen molar-refractivity contribution in [3.05, 3.63) is 29.8 Å². The van der Waals surface area contributed by atoms with Gasteiger partial charge in [-0.1, -0.05) is 0 Å². The molecule has 0 radical (unpaired) electrons. The second-order valence-electron chi connectivity index (χ2n) is 7.13. The largest absolute Gasteiger partial charge is 0.350 e. The summed E-state index contributed by atoms with van der Waals surface area (Å²) in [5, 5.41) is 5.80. The maximum Gasteiger partial charge on any atom is 0.251 e. The van der Waals surface area contributed by atoms with E-state index < -0.39 is 0 Å². The van der Waals surface area contributed by atoms with Crippen molar-refractivity contribution in [2.45, 2.75) is 45.2 Å². The zero-order valence-electron chi connectivity index (χ0n) is 13.7. The molecular weight excluding hydrogens is 290 g/mol. The van der Waals surface area contributed by atoms with Gasteiger partial charge in [0.15, 0.2) is 0 Å². The predicted octanol–water partition coefficient (Wildman–Crippen LogP) is 2.14. The van der Waals surface area contributed by atoms with Crippen LogP contribution >= 0.6 is 0 Å². The van der Waals surface area contributed by atoms with Crippen molar-refractivity contribution in [1.29, 1.82) is 0 Å². The lowest BCUT2D eigenvalue weighted by molar-refractivity contribution is -0.121. The Morgan fingerprint density at radius 2 is 1.78 bits per heavy atom. The molecule has 4 N–H and O–H groups in total. The van der Waals surface area contributed by atoms with Gasteiger partial charge in [0, 0.05) is 23.3 Å². The first kappa shape index (κ1) is 16.0. The molecule has 0 aliphatic heterocycles. The number of benzene rings is 1. The molecule has 0 spiro atoms. The normalized spacial score (nSPS) is 28.9. The average molecular weight is 315 g/mol. The average Bonchev–Trinajstić information content (AvgIpc) is 3.08. The minimum atomic E-state index is -0.104. The first-order valence-corrected chi connectivity index (χ1v) is 8.43. The van der Waals surface area contributed by atoms with Crippen molar-refractivity contribution in [1.82, 2.24) is 5.32 Å². The van der Waals surface area contributed by atoms with Crippen LogP contribution in [0, 0.1) is 17.8 Å². The van der Waals surface area contributed by atoms with Gasteiger partial charge in [-0.05, 0) is 69.2 Å². The number of nitrogens with one attached hydrogen (secondary N) is 2. The number of anilines is 1. The Kier molecular flexibility index (Phi) is 4.39. The maximum absolute atomic E-state index is 12.5. The standard InChI is InChI=1S/C18H25N3O2/c1-10(2)20-17(22)11-5-7-14(8-6-11)21-18(23)15-12-3-4-13(9-12)16(15)19/h5-8,10,12-13,15-16H,3-4,9,19H2,1-2H3,(H,20,22)(H,21,23). The van der Waals surface area contributed by atoms with Crippen LogP contribution in [0.25, 0.3) is 0 Å². The molecule has 0 saturated heterocycles. The summed E-state index contributed by atoms with van der Waals surface area (Å²) in [5.74, 6) is 0.790. The van der Waals surface area contributed by atoms with Crippen LogP contribution in [0.4, 0.5) is 5.69 Å². The van der Waals surface area contributed by atoms with Crippen LogP contribution in [-0.4, -0.2) is 23.9 Å². The molecule has 5 heteroatoms. The van der Waals surface area contributed by atoms with E-state index in [2.05, 4.69) is 10.6 Å². The Morgan fingerprint density at radius 1 is 1.13 bits per heavy atom. The van der Waals surface area contributed by atoms with Crippen molar-refractivity contribution >= 4 is 17.5 Å². The third-order valence-corrected chi connectivity index (χ3v) is 5.12. The van der Waals surface area contributed by atoms with E-state index in [0.717, 1.165) is 19.3 Å². The van der Waals surface area contributed by atoms with E-state index in [0.29, 0.717) is 23.1 Å². The fourth-order valence-electron chi connectivity index (χ4n) is 4.00. The molecule has 2 amide bonds. The van der Waals surface area contributed by atoms with E-state index in [1.807, 2.05) is 13.8 Å². The van der Waals surface area contributed by atoms with Crippen LogP contribution in [0.1, 0.15) is 43.5 Å². The van der Waals surface area contributed by atoms with Gasteiger partial charge >= 0.3 is 0 Å². The van der Waals surface area contributed by atoms with E-state index in [-0.39, 0.29) is 29.8 Å². The number of fused-ring (bicyclic) bond motifs is 2. The molecule has 124 valence electrons. The Bertz CT molecular complexity index is 595. The number of nitrogens with two attached hydrogens (primary N) is 1. The predicted molar refractivity (Wildman–Crippen MR) is 90.0 cm³/mol. The highest BCUT2D eigenvalue weighted by atomic mass is 16.2. The van der Waals surface area contributed by atoms with Crippen molar-refractivity contribution in [2.24, 2.45) is 23.5 Å². The number of rotatable bonds is 4. The summed E-state index contributed by atoms with van der Waals surface area (Å²) in [6, 6.07) is 7.09. The van der Waals surface area contributed by atoms with E-state index in [4.69, 9.17) is 5.73 Å². The highest BCUT2D eigenvalue weighted by Gasteiger charge is 2.49. The molecule has 2 aliphatic carbocycles. The molecule has 0 heterocycles. The molecule has 4 atom stereocenters. The van der Waals surface area contributed by atoms with Gasteiger partial charge in [-0.25, -0.2) is 0 Å². The van der Waals surface area contributed by atoms with Gasteiger partial charge in [-0.2, -0.15) is 0 Å². The van der Waals surface area contributed by atoms with Crippen LogP contribution in [0.2, 0.25) is 0 Å². The maximum atomic E-state index is 12.5. The fraction of sp³-hybridized carbons (Fsp3) is 0.556. The first-order chi connectivity index (χ1) is 11.0. The van der Waals surface area contributed by atoms with Crippen LogP contribution in [0.5, 0.6) is 0 Å². The van der Waals surface area contributed by atoms with Gasteiger partial charge in [0.05, 0.1) is 5.92 Å². The van der Waals surface area contributed by atoms with Gasteiger partial charge in [0.25, 0.3) is 5.91 Å². The zero-order chi connectivity index (χ0) is 16.6. The number of hydrogen-bond donors (Lipinski definition) is 3. The molecular formula is C18H25N3O2. The molecule has 2 fully saturated rings. The van der Waals surface area contributed by atoms with E-state index in [9.17, 15) is 9.59 Å². The summed E-state index contributed by atoms with van der Waals surface area (Å²) in [6.07, 6.45) is 3.37. The first-order valence-electron chi connectivity index (χ1n) is 8.43. The number of amides is 2. The van der Waals surface area contributed by atoms with Gasteiger partial charge in [-0.15, -0.1) is 0 Å². The lowest BCUT2D eigenvalue weighted by atomic mass is 9.84. The summed E-state index contributed by atoms with van der Waals surface area (Å²) >= 11 is 0. The molecule has 1 aromatic rings. The molecule has 5 nitrogen and oxygen atoms in total. The second-order valence-corrected chi connectivity index (χ2v) is 7.13. The van der Waals surface area contributed by atoms with E-state index in [1.54, 1.807) is 24.3 Å². The summed E-state index contributed by atoms with van der Waals surface area (Å²) < 4.78 is 0. The molecule has 2 saturated carbocycles. The van der Waals surface area contributed by atoms with Gasteiger partial charge in [0.2, 0.25) is 5.91 Å². The quantitative estimate of drug-likeness (QED) is 0.796. The monoisotopic (exact) mass is 315 g/mol. The number of carbonyl (C=O) groups excluding carboxylic acids is 2. The lowest BCUT2D eigenvalue weighted by Crippen LogP contribution is -2.42. The Hall–Kier alpha value is -1.88. The zero-order valence-corrected chi connectivity index (χ0v) is 13.7. The minimum Gasteiger partial charge on any atom is -0.350 e. The summed E-state index contributed by atoms with van der Waals surface area (Å²) in [5.41, 5.74) is 7.52. The molecule has 0 aromatic heterocycles. The van der Waals surface area contributed by atoms with Gasteiger partial charge in [-0.3, -0.25) is 9.59 Å². The highest BCUT2D eigenvalue weighted by molar-refractivity contribution is 5.96. The Balaban J connectivity index is 1.62. The molecule has 2 bridgehead atoms. The van der Waals surface area contributed by atoms with Gasteiger partial charge in [0.1, 0.15) is 0 Å². The second kappa shape index (κ2) is 6.32. The third-order valence-electron chi connectivity index (χ3n) is 5.12. The van der Waals surface area contributed by atoms with Crippen LogP contribution in [-0.2, 0) is 4.79 Å². The van der Waals surface area contributed by atoms with Crippen molar-refractivity contribution in [3.8, 4) is 0 Å². The van der Waals surface area contributed by atoms with Crippen molar-refractivity contribution < 1.29 is 9.59 Å². The SMILES string of the molecule is CC(C)NC(=O)c1ccc(NC(=O)C2C3CCC(C3)C2N)cc1. The van der Waals surface area contributed by atoms with Crippen LogP contribution in [0.3, 0.4) is 0 Å². The Labute approximate surface area is 137 Å². The minimum absolute atomic E-state index is 0.00940. The summed E-state index contributed by atoms with van der Waals surface area (Å²) in [4.78, 5) is 24.4. The van der Waals surface area contributed by atoms with E-state index >= 15 is 0 Å².